The molecule has 3 aromatic rings. The van der Waals surface area contributed by atoms with E-state index in [9.17, 15) is 21.6 Å². The summed E-state index contributed by atoms with van der Waals surface area (Å²) in [6.07, 6.45) is 0.319. The lowest BCUT2D eigenvalue weighted by Crippen LogP contribution is -2.40. The number of ether oxygens (including phenoxy) is 2. The highest BCUT2D eigenvalue weighted by Crippen LogP contribution is 2.30. The van der Waals surface area contributed by atoms with Gasteiger partial charge in [-0.1, -0.05) is 18.1 Å². The lowest BCUT2D eigenvalue weighted by Gasteiger charge is -2.27. The van der Waals surface area contributed by atoms with Crippen LogP contribution in [0.1, 0.15) is 29.4 Å². The summed E-state index contributed by atoms with van der Waals surface area (Å²) in [6, 6.07) is 12.3. The molecule has 198 valence electrons. The molecule has 4 rings (SSSR count). The molecule has 1 fully saturated rings. The van der Waals surface area contributed by atoms with E-state index in [4.69, 9.17) is 14.0 Å². The first-order valence-electron chi connectivity index (χ1n) is 11.6. The van der Waals surface area contributed by atoms with Gasteiger partial charge in [-0.15, -0.1) is 0 Å². The number of benzene rings is 2. The average molecular weight is 549 g/mol. The van der Waals surface area contributed by atoms with Crippen LogP contribution < -0.4 is 9.47 Å². The molecule has 1 amide bonds. The molecule has 10 nitrogen and oxygen atoms in total. The summed E-state index contributed by atoms with van der Waals surface area (Å²) >= 11 is 0. The van der Waals surface area contributed by atoms with E-state index >= 15 is 0 Å². The molecule has 12 heteroatoms. The number of nitrogens with zero attached hydrogens (tertiary/aromatic N) is 2. The zero-order valence-corrected chi connectivity index (χ0v) is 22.3. The van der Waals surface area contributed by atoms with Crippen molar-refractivity contribution in [3.05, 3.63) is 59.8 Å². The zero-order valence-electron chi connectivity index (χ0n) is 20.7. The van der Waals surface area contributed by atoms with E-state index in [1.807, 2.05) is 0 Å². The van der Waals surface area contributed by atoms with Gasteiger partial charge < -0.3 is 18.9 Å². The maximum Gasteiger partial charge on any atom is 0.276 e. The first-order chi connectivity index (χ1) is 17.6. The van der Waals surface area contributed by atoms with Gasteiger partial charge in [0.2, 0.25) is 0 Å². The summed E-state index contributed by atoms with van der Waals surface area (Å²) in [5.41, 5.74) is 1.30. The van der Waals surface area contributed by atoms with Crippen LogP contribution in [0, 0.1) is 0 Å². The summed E-state index contributed by atoms with van der Waals surface area (Å²) in [4.78, 5) is 15.3. The van der Waals surface area contributed by atoms with E-state index in [1.165, 1.54) is 37.3 Å². The topological polar surface area (TPSA) is 133 Å². The van der Waals surface area contributed by atoms with E-state index in [0.717, 1.165) is 5.56 Å². The Balaban J connectivity index is 1.62. The zero-order chi connectivity index (χ0) is 26.8. The van der Waals surface area contributed by atoms with Gasteiger partial charge in [-0.3, -0.25) is 4.79 Å². The van der Waals surface area contributed by atoms with Crippen molar-refractivity contribution in [2.24, 2.45) is 0 Å². The molecule has 0 N–H and O–H groups in total. The molecule has 1 aliphatic heterocycles. The summed E-state index contributed by atoms with van der Waals surface area (Å²) in [6.45, 7) is 1.70. The Labute approximate surface area is 216 Å². The van der Waals surface area contributed by atoms with Crippen LogP contribution in [0.5, 0.6) is 11.5 Å². The van der Waals surface area contributed by atoms with Crippen molar-refractivity contribution >= 4 is 25.6 Å². The minimum atomic E-state index is -3.35. The third-order valence-electron chi connectivity index (χ3n) is 6.32. The molecule has 0 radical (unpaired) electrons. The molecule has 0 aliphatic carbocycles. The highest BCUT2D eigenvalue weighted by Gasteiger charge is 2.36. The molecule has 1 saturated heterocycles. The van der Waals surface area contributed by atoms with E-state index in [-0.39, 0.29) is 40.2 Å². The Kier molecular flexibility index (Phi) is 7.60. The van der Waals surface area contributed by atoms with Gasteiger partial charge in [0.1, 0.15) is 0 Å². The van der Waals surface area contributed by atoms with E-state index < -0.39 is 31.6 Å². The van der Waals surface area contributed by atoms with Crippen molar-refractivity contribution < 1.29 is 35.6 Å². The van der Waals surface area contributed by atoms with E-state index in [1.54, 1.807) is 37.3 Å². The van der Waals surface area contributed by atoms with Crippen molar-refractivity contribution in [3.8, 4) is 22.8 Å². The van der Waals surface area contributed by atoms with Gasteiger partial charge in [0.25, 0.3) is 5.91 Å². The lowest BCUT2D eigenvalue weighted by atomic mass is 10.1. The Morgan fingerprint density at radius 1 is 1.08 bits per heavy atom. The molecule has 37 heavy (non-hydrogen) atoms. The number of sulfone groups is 2. The second-order valence-corrected chi connectivity index (χ2v) is 13.2. The van der Waals surface area contributed by atoms with Crippen molar-refractivity contribution in [2.45, 2.75) is 30.8 Å². The molecule has 1 atom stereocenters. The largest absolute Gasteiger partial charge is 0.493 e. The molecule has 1 aliphatic rings. The molecular weight excluding hydrogens is 520 g/mol. The summed E-state index contributed by atoms with van der Waals surface area (Å²) in [5, 5.41) is 3.93. The molecule has 0 saturated carbocycles. The Morgan fingerprint density at radius 3 is 2.38 bits per heavy atom. The Hall–Kier alpha value is -3.38. The highest BCUT2D eigenvalue weighted by atomic mass is 32.2. The predicted octanol–water partition coefficient (Wildman–Crippen LogP) is 2.98. The van der Waals surface area contributed by atoms with Crippen LogP contribution >= 0.6 is 0 Å². The van der Waals surface area contributed by atoms with E-state index in [2.05, 4.69) is 5.16 Å². The lowest BCUT2D eigenvalue weighted by molar-refractivity contribution is 0.0670. The van der Waals surface area contributed by atoms with Crippen LogP contribution in [0.4, 0.5) is 0 Å². The van der Waals surface area contributed by atoms with Gasteiger partial charge in [0.05, 0.1) is 36.4 Å². The van der Waals surface area contributed by atoms with Gasteiger partial charge in [-0.25, -0.2) is 16.8 Å². The summed E-state index contributed by atoms with van der Waals surface area (Å²) in [5.74, 6) is 0.690. The normalized spacial score (nSPS) is 16.9. The van der Waals surface area contributed by atoms with Gasteiger partial charge in [0, 0.05) is 24.2 Å². The fourth-order valence-corrected chi connectivity index (χ4v) is 6.83. The van der Waals surface area contributed by atoms with Crippen LogP contribution in [0.2, 0.25) is 0 Å². The number of hydrogen-bond donors (Lipinski definition) is 0. The van der Waals surface area contributed by atoms with Crippen molar-refractivity contribution in [1.82, 2.24) is 10.1 Å². The van der Waals surface area contributed by atoms with Crippen LogP contribution in [0.25, 0.3) is 11.3 Å². The van der Waals surface area contributed by atoms with Crippen LogP contribution in [0.15, 0.2) is 57.9 Å². The number of aromatic nitrogens is 1. The Morgan fingerprint density at radius 2 is 1.78 bits per heavy atom. The number of hydrogen-bond acceptors (Lipinski definition) is 9. The van der Waals surface area contributed by atoms with Gasteiger partial charge >= 0.3 is 0 Å². The minimum absolute atomic E-state index is 0.00443. The molecule has 1 aromatic heterocycles. The molecule has 2 heterocycles. The van der Waals surface area contributed by atoms with Crippen LogP contribution in [0.3, 0.4) is 0 Å². The monoisotopic (exact) mass is 548 g/mol. The SMILES string of the molecule is CCS(=O)(=O)c1ccc(-c2cc(C(=O)N(Cc3ccc(OC)c(OC)c3)C3CCS(=O)(=O)C3)no2)cc1. The predicted molar refractivity (Wildman–Crippen MR) is 136 cm³/mol. The van der Waals surface area contributed by atoms with Gasteiger partial charge in [-0.05, 0) is 48.4 Å². The molecule has 0 bridgehead atoms. The maximum absolute atomic E-state index is 13.6. The Bertz CT molecular complexity index is 1500. The van der Waals surface area contributed by atoms with Crippen molar-refractivity contribution in [1.29, 1.82) is 0 Å². The fourth-order valence-electron chi connectivity index (χ4n) is 4.22. The first kappa shape index (κ1) is 26.7. The standard InChI is InChI=1S/C25H28N2O8S2/c1-4-37(31,32)20-8-6-18(7-9-20)23-14-21(26-35-23)25(28)27(19-11-12-36(29,30)16-19)15-17-5-10-22(33-2)24(13-17)34-3/h5-10,13-14,19H,4,11-12,15-16H2,1-3H3. The third-order valence-corrected chi connectivity index (χ3v) is 9.82. The quantitative estimate of drug-likeness (QED) is 0.396. The highest BCUT2D eigenvalue weighted by molar-refractivity contribution is 7.91. The van der Waals surface area contributed by atoms with Crippen LogP contribution in [-0.4, -0.2) is 70.3 Å². The molecule has 0 spiro atoms. The van der Waals surface area contributed by atoms with E-state index in [0.29, 0.717) is 23.5 Å². The number of rotatable bonds is 9. The minimum Gasteiger partial charge on any atom is -0.493 e. The number of carbonyl (C=O) groups is 1. The van der Waals surface area contributed by atoms with Crippen molar-refractivity contribution in [3.63, 3.8) is 0 Å². The number of amides is 1. The van der Waals surface area contributed by atoms with Crippen LogP contribution in [-0.2, 0) is 26.2 Å². The average Bonchev–Trinajstić information content (AvgIpc) is 3.53. The first-order valence-corrected chi connectivity index (χ1v) is 15.1. The van der Waals surface area contributed by atoms with Gasteiger partial charge in [-0.2, -0.15) is 0 Å². The summed E-state index contributed by atoms with van der Waals surface area (Å²) in [7, 11) is -3.58. The fraction of sp³-hybridized carbons (Fsp3) is 0.360. The second kappa shape index (κ2) is 10.5. The molecule has 2 aromatic carbocycles. The second-order valence-electron chi connectivity index (χ2n) is 8.68. The number of carbonyl (C=O) groups excluding carboxylic acids is 1. The molecule has 1 unspecified atom stereocenters. The smallest absolute Gasteiger partial charge is 0.276 e. The van der Waals surface area contributed by atoms with Gasteiger partial charge in [0.15, 0.2) is 42.6 Å². The number of methoxy groups -OCH3 is 2. The maximum atomic E-state index is 13.6. The third kappa shape index (κ3) is 5.80. The molecular formula is C25H28N2O8S2. The summed E-state index contributed by atoms with van der Waals surface area (Å²) < 4.78 is 64.6. The van der Waals surface area contributed by atoms with Crippen molar-refractivity contribution in [2.75, 3.05) is 31.5 Å².